The summed E-state index contributed by atoms with van der Waals surface area (Å²) in [6, 6.07) is 15.3. The highest BCUT2D eigenvalue weighted by molar-refractivity contribution is 5.92. The molecule has 0 aliphatic carbocycles. The van der Waals surface area contributed by atoms with Crippen LogP contribution in [0.25, 0.3) is 0 Å². The lowest BCUT2D eigenvalue weighted by atomic mass is 10.2. The van der Waals surface area contributed by atoms with Gasteiger partial charge in [-0.25, -0.2) is 0 Å². The van der Waals surface area contributed by atoms with Crippen LogP contribution in [-0.4, -0.2) is 93.4 Å². The van der Waals surface area contributed by atoms with E-state index in [0.717, 1.165) is 37.7 Å². The first-order valence-electron chi connectivity index (χ1n) is 11.8. The second kappa shape index (κ2) is 10.3. The number of nitrogens with zero attached hydrogens (tertiary/aromatic N) is 3. The third kappa shape index (κ3) is 5.26. The number of hydrogen-bond acceptors (Lipinski definition) is 7. The zero-order valence-corrected chi connectivity index (χ0v) is 19.2. The number of nitrogens with one attached hydrogen (secondary N) is 1. The molecule has 9 nitrogen and oxygen atoms in total. The molecule has 180 valence electrons. The summed E-state index contributed by atoms with van der Waals surface area (Å²) < 4.78 is 16.9. The minimum Gasteiger partial charge on any atom is -0.485 e. The van der Waals surface area contributed by atoms with E-state index >= 15 is 0 Å². The first-order chi connectivity index (χ1) is 16.7. The molecular weight excluding hydrogens is 436 g/mol. The van der Waals surface area contributed by atoms with Crippen LogP contribution in [0.3, 0.4) is 0 Å². The molecule has 0 unspecified atom stereocenters. The summed E-state index contributed by atoms with van der Waals surface area (Å²) in [6.45, 7) is 6.15. The smallest absolute Gasteiger partial charge is 0.267 e. The fourth-order valence-electron chi connectivity index (χ4n) is 4.45. The molecule has 3 aliphatic heterocycles. The Morgan fingerprint density at radius 2 is 1.59 bits per heavy atom. The van der Waals surface area contributed by atoms with Crippen LogP contribution >= 0.6 is 0 Å². The van der Waals surface area contributed by atoms with Crippen molar-refractivity contribution in [2.75, 3.05) is 75.9 Å². The summed E-state index contributed by atoms with van der Waals surface area (Å²) in [4.78, 5) is 31.6. The fourth-order valence-corrected chi connectivity index (χ4v) is 4.45. The lowest BCUT2D eigenvalue weighted by Gasteiger charge is -2.36. The highest BCUT2D eigenvalue weighted by Gasteiger charge is 2.32. The van der Waals surface area contributed by atoms with E-state index in [1.807, 2.05) is 48.5 Å². The van der Waals surface area contributed by atoms with Crippen LogP contribution in [0.1, 0.15) is 0 Å². The van der Waals surface area contributed by atoms with E-state index in [1.54, 1.807) is 4.90 Å². The van der Waals surface area contributed by atoms with Gasteiger partial charge >= 0.3 is 0 Å². The third-order valence-corrected chi connectivity index (χ3v) is 6.36. The summed E-state index contributed by atoms with van der Waals surface area (Å²) >= 11 is 0. The molecule has 3 heterocycles. The van der Waals surface area contributed by atoms with Crippen molar-refractivity contribution < 1.29 is 23.8 Å². The zero-order valence-electron chi connectivity index (χ0n) is 19.2. The van der Waals surface area contributed by atoms with Gasteiger partial charge in [0.2, 0.25) is 12.0 Å². The maximum Gasteiger partial charge on any atom is 0.267 e. The van der Waals surface area contributed by atoms with Crippen LogP contribution in [-0.2, 0) is 14.3 Å². The van der Waals surface area contributed by atoms with Crippen molar-refractivity contribution in [3.63, 3.8) is 0 Å². The van der Waals surface area contributed by atoms with Gasteiger partial charge in [0.25, 0.3) is 5.91 Å². The van der Waals surface area contributed by atoms with Gasteiger partial charge < -0.3 is 29.3 Å². The molecule has 2 fully saturated rings. The maximum absolute atomic E-state index is 12.9. The lowest BCUT2D eigenvalue weighted by Crippen LogP contribution is -2.54. The molecule has 1 N–H and O–H groups in total. The molecule has 2 aromatic carbocycles. The van der Waals surface area contributed by atoms with Gasteiger partial charge in [-0.2, -0.15) is 0 Å². The minimum absolute atomic E-state index is 0.0560. The second-order valence-corrected chi connectivity index (χ2v) is 8.66. The van der Waals surface area contributed by atoms with Crippen LogP contribution in [0.2, 0.25) is 0 Å². The molecule has 9 heteroatoms. The van der Waals surface area contributed by atoms with E-state index in [-0.39, 0.29) is 18.4 Å². The van der Waals surface area contributed by atoms with Gasteiger partial charge in [-0.1, -0.05) is 12.1 Å². The molecule has 2 aromatic rings. The van der Waals surface area contributed by atoms with Crippen LogP contribution in [0.15, 0.2) is 48.5 Å². The molecule has 5 rings (SSSR count). The Balaban J connectivity index is 1.06. The van der Waals surface area contributed by atoms with Gasteiger partial charge in [-0.15, -0.1) is 0 Å². The second-order valence-electron chi connectivity index (χ2n) is 8.66. The molecule has 2 saturated heterocycles. The molecule has 0 spiro atoms. The highest BCUT2D eigenvalue weighted by atomic mass is 16.6. The summed E-state index contributed by atoms with van der Waals surface area (Å²) in [7, 11) is 0. The Labute approximate surface area is 199 Å². The standard InChI is InChI=1S/C25H30N4O5/c30-24(26-19-5-7-20(8-6-19)28-13-15-32-16-14-28)17-27-9-11-29(12-10-27)25(31)23-18-33-21-3-1-2-4-22(21)34-23/h1-8,23H,9-18H2,(H,26,30)/t23-/m1/s1. The van der Waals surface area contributed by atoms with Crippen molar-refractivity contribution in [3.05, 3.63) is 48.5 Å². The minimum atomic E-state index is -0.634. The van der Waals surface area contributed by atoms with Crippen molar-refractivity contribution >= 4 is 23.2 Å². The number of hydrogen-bond donors (Lipinski definition) is 1. The number of carbonyl (C=O) groups excluding carboxylic acids is 2. The van der Waals surface area contributed by atoms with Gasteiger partial charge in [-0.3, -0.25) is 14.5 Å². The van der Waals surface area contributed by atoms with Crippen LogP contribution in [0.5, 0.6) is 11.5 Å². The number of ether oxygens (including phenoxy) is 3. The molecule has 0 saturated carbocycles. The van der Waals surface area contributed by atoms with Crippen molar-refractivity contribution in [1.82, 2.24) is 9.80 Å². The Morgan fingerprint density at radius 3 is 2.32 bits per heavy atom. The van der Waals surface area contributed by atoms with E-state index < -0.39 is 6.10 Å². The Morgan fingerprint density at radius 1 is 0.882 bits per heavy atom. The third-order valence-electron chi connectivity index (χ3n) is 6.36. The Bertz CT molecular complexity index is 1000. The predicted octanol–water partition coefficient (Wildman–Crippen LogP) is 1.45. The Kier molecular flexibility index (Phi) is 6.82. The maximum atomic E-state index is 12.9. The normalized spacial score (nSPS) is 20.6. The first kappa shape index (κ1) is 22.5. The molecule has 2 amide bonds. The average Bonchev–Trinajstić information content (AvgIpc) is 2.89. The van der Waals surface area contributed by atoms with E-state index in [2.05, 4.69) is 15.1 Å². The molecule has 34 heavy (non-hydrogen) atoms. The molecule has 1 atom stereocenters. The van der Waals surface area contributed by atoms with Crippen molar-refractivity contribution in [2.24, 2.45) is 0 Å². The molecule has 3 aliphatic rings. The zero-order chi connectivity index (χ0) is 23.3. The molecule has 0 aromatic heterocycles. The molecular formula is C25H30N4O5. The highest BCUT2D eigenvalue weighted by Crippen LogP contribution is 2.31. The van der Waals surface area contributed by atoms with E-state index in [4.69, 9.17) is 14.2 Å². The number of piperazine rings is 1. The van der Waals surface area contributed by atoms with Gasteiger partial charge in [0.15, 0.2) is 11.5 Å². The van der Waals surface area contributed by atoms with Gasteiger partial charge in [0.05, 0.1) is 19.8 Å². The van der Waals surface area contributed by atoms with Crippen LogP contribution in [0.4, 0.5) is 11.4 Å². The number of rotatable bonds is 5. The van der Waals surface area contributed by atoms with E-state index in [0.29, 0.717) is 44.2 Å². The quantitative estimate of drug-likeness (QED) is 0.714. The predicted molar refractivity (Wildman–Crippen MR) is 127 cm³/mol. The number of fused-ring (bicyclic) bond motifs is 1. The molecule has 0 radical (unpaired) electrons. The lowest BCUT2D eigenvalue weighted by molar-refractivity contribution is -0.143. The van der Waals surface area contributed by atoms with Gasteiger partial charge in [0.1, 0.15) is 6.61 Å². The molecule has 0 bridgehead atoms. The monoisotopic (exact) mass is 466 g/mol. The number of anilines is 2. The summed E-state index contributed by atoms with van der Waals surface area (Å²) in [5.41, 5.74) is 1.92. The Hall–Kier alpha value is -3.30. The topological polar surface area (TPSA) is 83.6 Å². The van der Waals surface area contributed by atoms with Crippen LogP contribution < -0.4 is 19.7 Å². The van der Waals surface area contributed by atoms with Crippen molar-refractivity contribution in [2.45, 2.75) is 6.10 Å². The van der Waals surface area contributed by atoms with Gasteiger partial charge in [0, 0.05) is 50.6 Å². The number of morpholine rings is 1. The van der Waals surface area contributed by atoms with Crippen molar-refractivity contribution in [1.29, 1.82) is 0 Å². The largest absolute Gasteiger partial charge is 0.485 e. The van der Waals surface area contributed by atoms with E-state index in [1.165, 1.54) is 0 Å². The van der Waals surface area contributed by atoms with Crippen molar-refractivity contribution in [3.8, 4) is 11.5 Å². The summed E-state index contributed by atoms with van der Waals surface area (Å²) in [5, 5.41) is 2.97. The van der Waals surface area contributed by atoms with Crippen LogP contribution in [0, 0.1) is 0 Å². The summed E-state index contributed by atoms with van der Waals surface area (Å²) in [6.07, 6.45) is -0.634. The average molecular weight is 467 g/mol. The number of carbonyl (C=O) groups is 2. The number of amides is 2. The number of para-hydroxylation sites is 2. The fraction of sp³-hybridized carbons (Fsp3) is 0.440. The van der Waals surface area contributed by atoms with Gasteiger partial charge in [-0.05, 0) is 36.4 Å². The SMILES string of the molecule is O=C(CN1CCN(C(=O)[C@H]2COc3ccccc3O2)CC1)Nc1ccc(N2CCOCC2)cc1. The summed E-state index contributed by atoms with van der Waals surface area (Å²) in [5.74, 6) is 1.14. The van der Waals surface area contributed by atoms with E-state index in [9.17, 15) is 9.59 Å². The number of benzene rings is 2. The first-order valence-corrected chi connectivity index (χ1v) is 11.8.